The van der Waals surface area contributed by atoms with E-state index >= 15 is 0 Å². The van der Waals surface area contributed by atoms with Crippen LogP contribution in [0, 0.1) is 5.92 Å². The van der Waals surface area contributed by atoms with Gasteiger partial charge in [0.15, 0.2) is 0 Å². The molecule has 0 radical (unpaired) electrons. The Hall–Kier alpha value is -0.790. The molecular weight excluding hydrogens is 140 g/mol. The molecule has 0 aromatic heterocycles. The SMILES string of the molecule is COC(=O)/C=C/C1CCCC1. The fraction of sp³-hybridized carbons (Fsp3) is 0.667. The third-order valence-corrected chi connectivity index (χ3v) is 2.11. The Morgan fingerprint density at radius 3 is 2.64 bits per heavy atom. The summed E-state index contributed by atoms with van der Waals surface area (Å²) in [5, 5.41) is 0. The molecule has 0 aromatic carbocycles. The van der Waals surface area contributed by atoms with E-state index in [2.05, 4.69) is 4.74 Å². The quantitative estimate of drug-likeness (QED) is 0.448. The smallest absolute Gasteiger partial charge is 0.330 e. The summed E-state index contributed by atoms with van der Waals surface area (Å²) in [5.74, 6) is 0.381. The minimum Gasteiger partial charge on any atom is -0.466 e. The molecular formula is C9H14O2. The molecule has 0 N–H and O–H groups in total. The standard InChI is InChI=1S/C9H14O2/c1-11-9(10)7-6-8-4-2-3-5-8/h6-8H,2-5H2,1H3/b7-6+. The lowest BCUT2D eigenvalue weighted by atomic mass is 10.1. The van der Waals surface area contributed by atoms with Crippen LogP contribution in [0.25, 0.3) is 0 Å². The summed E-state index contributed by atoms with van der Waals surface area (Å²) in [7, 11) is 1.40. The summed E-state index contributed by atoms with van der Waals surface area (Å²) in [6.07, 6.45) is 8.57. The number of methoxy groups -OCH3 is 1. The molecule has 0 amide bonds. The first-order chi connectivity index (χ1) is 5.33. The zero-order valence-corrected chi connectivity index (χ0v) is 6.88. The van der Waals surface area contributed by atoms with Crippen molar-refractivity contribution in [2.45, 2.75) is 25.7 Å². The van der Waals surface area contributed by atoms with Crippen LogP contribution in [0.4, 0.5) is 0 Å². The van der Waals surface area contributed by atoms with Gasteiger partial charge in [-0.05, 0) is 18.8 Å². The van der Waals surface area contributed by atoms with Gasteiger partial charge in [0.1, 0.15) is 0 Å². The van der Waals surface area contributed by atoms with Crippen LogP contribution in [-0.4, -0.2) is 13.1 Å². The molecule has 1 rings (SSSR count). The average molecular weight is 154 g/mol. The predicted molar refractivity (Wildman–Crippen MR) is 43.1 cm³/mol. The number of carbonyl (C=O) groups excluding carboxylic acids is 1. The van der Waals surface area contributed by atoms with Gasteiger partial charge in [-0.25, -0.2) is 4.79 Å². The minimum atomic E-state index is -0.239. The summed E-state index contributed by atoms with van der Waals surface area (Å²) >= 11 is 0. The van der Waals surface area contributed by atoms with Gasteiger partial charge in [-0.3, -0.25) is 0 Å². The molecule has 11 heavy (non-hydrogen) atoms. The van der Waals surface area contributed by atoms with Crippen molar-refractivity contribution in [2.75, 3.05) is 7.11 Å². The maximum atomic E-state index is 10.7. The third-order valence-electron chi connectivity index (χ3n) is 2.11. The van der Waals surface area contributed by atoms with E-state index in [1.54, 1.807) is 0 Å². The first-order valence-electron chi connectivity index (χ1n) is 4.09. The lowest BCUT2D eigenvalue weighted by Gasteiger charge is -1.98. The van der Waals surface area contributed by atoms with Gasteiger partial charge in [-0.1, -0.05) is 18.9 Å². The molecule has 0 aliphatic heterocycles. The number of rotatable bonds is 2. The van der Waals surface area contributed by atoms with E-state index < -0.39 is 0 Å². The predicted octanol–water partition coefficient (Wildman–Crippen LogP) is 1.91. The Bertz CT molecular complexity index is 155. The molecule has 2 heteroatoms. The number of ether oxygens (including phenoxy) is 1. The van der Waals surface area contributed by atoms with E-state index in [1.165, 1.54) is 38.9 Å². The van der Waals surface area contributed by atoms with Crippen molar-refractivity contribution in [3.8, 4) is 0 Å². The van der Waals surface area contributed by atoms with Gasteiger partial charge in [-0.15, -0.1) is 0 Å². The molecule has 1 saturated carbocycles. The van der Waals surface area contributed by atoms with Gasteiger partial charge in [0, 0.05) is 6.08 Å². The van der Waals surface area contributed by atoms with Crippen LogP contribution < -0.4 is 0 Å². The van der Waals surface area contributed by atoms with Crippen molar-refractivity contribution >= 4 is 5.97 Å². The highest BCUT2D eigenvalue weighted by molar-refractivity contribution is 5.81. The van der Waals surface area contributed by atoms with Gasteiger partial charge >= 0.3 is 5.97 Å². The molecule has 0 aromatic rings. The molecule has 0 atom stereocenters. The zero-order chi connectivity index (χ0) is 8.10. The Morgan fingerprint density at radius 2 is 2.09 bits per heavy atom. The third kappa shape index (κ3) is 2.74. The highest BCUT2D eigenvalue weighted by Crippen LogP contribution is 2.25. The van der Waals surface area contributed by atoms with Gasteiger partial charge < -0.3 is 4.74 Å². The molecule has 1 fully saturated rings. The second kappa shape index (κ2) is 4.16. The van der Waals surface area contributed by atoms with Crippen LogP contribution in [0.2, 0.25) is 0 Å². The molecule has 2 nitrogen and oxygen atoms in total. The van der Waals surface area contributed by atoms with Crippen molar-refractivity contribution in [3.05, 3.63) is 12.2 Å². The van der Waals surface area contributed by atoms with Crippen LogP contribution in [0.15, 0.2) is 12.2 Å². The van der Waals surface area contributed by atoms with Crippen LogP contribution >= 0.6 is 0 Å². The Kier molecular flexibility index (Phi) is 3.14. The van der Waals surface area contributed by atoms with E-state index in [-0.39, 0.29) is 5.97 Å². The molecule has 0 heterocycles. The second-order valence-electron chi connectivity index (χ2n) is 2.93. The molecule has 0 unspecified atom stereocenters. The van der Waals surface area contributed by atoms with Crippen LogP contribution in [-0.2, 0) is 9.53 Å². The molecule has 0 saturated heterocycles. The summed E-state index contributed by atoms with van der Waals surface area (Å²) in [5.41, 5.74) is 0. The van der Waals surface area contributed by atoms with E-state index in [4.69, 9.17) is 0 Å². The molecule has 62 valence electrons. The van der Waals surface area contributed by atoms with Gasteiger partial charge in [0.05, 0.1) is 7.11 Å². The normalized spacial score (nSPS) is 19.4. The monoisotopic (exact) mass is 154 g/mol. The largest absolute Gasteiger partial charge is 0.466 e. The van der Waals surface area contributed by atoms with Crippen molar-refractivity contribution in [1.29, 1.82) is 0 Å². The first-order valence-corrected chi connectivity index (χ1v) is 4.09. The van der Waals surface area contributed by atoms with Crippen molar-refractivity contribution in [3.63, 3.8) is 0 Å². The maximum Gasteiger partial charge on any atom is 0.330 e. The lowest BCUT2D eigenvalue weighted by molar-refractivity contribution is -0.134. The lowest BCUT2D eigenvalue weighted by Crippen LogP contribution is -1.95. The minimum absolute atomic E-state index is 0.239. The van der Waals surface area contributed by atoms with E-state index in [1.807, 2.05) is 6.08 Å². The van der Waals surface area contributed by atoms with Gasteiger partial charge in [0.2, 0.25) is 0 Å². The molecule has 0 spiro atoms. The summed E-state index contributed by atoms with van der Waals surface area (Å²) in [4.78, 5) is 10.7. The second-order valence-corrected chi connectivity index (χ2v) is 2.93. The fourth-order valence-electron chi connectivity index (χ4n) is 1.43. The van der Waals surface area contributed by atoms with Gasteiger partial charge in [0.25, 0.3) is 0 Å². The summed E-state index contributed by atoms with van der Waals surface area (Å²) in [6, 6.07) is 0. The van der Waals surface area contributed by atoms with Crippen LogP contribution in [0.3, 0.4) is 0 Å². The number of hydrogen-bond donors (Lipinski definition) is 0. The van der Waals surface area contributed by atoms with Crippen LogP contribution in [0.5, 0.6) is 0 Å². The van der Waals surface area contributed by atoms with E-state index in [0.29, 0.717) is 5.92 Å². The Labute approximate surface area is 67.2 Å². The maximum absolute atomic E-state index is 10.7. The van der Waals surface area contributed by atoms with E-state index in [9.17, 15) is 4.79 Å². The average Bonchev–Trinajstić information content (AvgIpc) is 2.52. The highest BCUT2D eigenvalue weighted by Gasteiger charge is 2.11. The molecule has 1 aliphatic rings. The fourth-order valence-corrected chi connectivity index (χ4v) is 1.43. The Morgan fingerprint density at radius 1 is 1.45 bits per heavy atom. The van der Waals surface area contributed by atoms with Crippen LogP contribution in [0.1, 0.15) is 25.7 Å². The Balaban J connectivity index is 2.27. The number of carbonyl (C=O) groups is 1. The highest BCUT2D eigenvalue weighted by atomic mass is 16.5. The van der Waals surface area contributed by atoms with E-state index in [0.717, 1.165) is 0 Å². The molecule has 1 aliphatic carbocycles. The zero-order valence-electron chi connectivity index (χ0n) is 6.88. The first kappa shape index (κ1) is 8.31. The van der Waals surface area contributed by atoms with Crippen molar-refractivity contribution in [1.82, 2.24) is 0 Å². The topological polar surface area (TPSA) is 26.3 Å². The summed E-state index contributed by atoms with van der Waals surface area (Å²) in [6.45, 7) is 0. The van der Waals surface area contributed by atoms with Gasteiger partial charge in [-0.2, -0.15) is 0 Å². The van der Waals surface area contributed by atoms with Crippen molar-refractivity contribution in [2.24, 2.45) is 5.92 Å². The number of allylic oxidation sites excluding steroid dienone is 1. The molecule has 0 bridgehead atoms. The van der Waals surface area contributed by atoms with Crippen molar-refractivity contribution < 1.29 is 9.53 Å². The summed E-state index contributed by atoms with van der Waals surface area (Å²) < 4.78 is 4.48. The number of esters is 1. The number of hydrogen-bond acceptors (Lipinski definition) is 2.